The summed E-state index contributed by atoms with van der Waals surface area (Å²) in [5, 5.41) is 10.7. The maximum Gasteiger partial charge on any atom is 0.408 e. The minimum atomic E-state index is -0.813. The lowest BCUT2D eigenvalue weighted by atomic mass is 10.1. The molecule has 1 aromatic carbocycles. The van der Waals surface area contributed by atoms with Crippen molar-refractivity contribution in [2.24, 2.45) is 5.73 Å². The number of carbonyl (C=O) groups excluding carboxylic acids is 5. The number of carbonyl (C=O) groups is 5. The number of urea groups is 1. The van der Waals surface area contributed by atoms with E-state index in [9.17, 15) is 24.0 Å². The molecule has 12 heteroatoms. The fourth-order valence-electron chi connectivity index (χ4n) is 3.72. The van der Waals surface area contributed by atoms with Gasteiger partial charge < -0.3 is 41.4 Å². The summed E-state index contributed by atoms with van der Waals surface area (Å²) in [5.74, 6) is -0.538. The molecule has 35 heavy (non-hydrogen) atoms. The second-order valence-electron chi connectivity index (χ2n) is 8.28. The Balaban J connectivity index is 1.76. The van der Waals surface area contributed by atoms with Gasteiger partial charge in [0.1, 0.15) is 18.9 Å². The van der Waals surface area contributed by atoms with E-state index in [1.807, 2.05) is 0 Å². The topological polar surface area (TPSA) is 172 Å². The number of nitrogens with one attached hydrogen (secondary N) is 4. The summed E-state index contributed by atoms with van der Waals surface area (Å²) in [6.07, 6.45) is 2.50. The number of anilines is 1. The van der Waals surface area contributed by atoms with Crippen LogP contribution in [0.25, 0.3) is 0 Å². The largest absolute Gasteiger partial charge is 0.445 e. The van der Waals surface area contributed by atoms with Crippen LogP contribution in [0.1, 0.15) is 38.2 Å². The van der Waals surface area contributed by atoms with Crippen LogP contribution in [0.3, 0.4) is 0 Å². The average molecular weight is 491 g/mol. The molecule has 1 fully saturated rings. The van der Waals surface area contributed by atoms with Gasteiger partial charge in [-0.1, -0.05) is 12.1 Å². The van der Waals surface area contributed by atoms with Crippen molar-refractivity contribution in [2.75, 3.05) is 25.5 Å². The van der Waals surface area contributed by atoms with E-state index in [2.05, 4.69) is 21.3 Å². The maximum atomic E-state index is 12.5. The van der Waals surface area contributed by atoms with Crippen LogP contribution in [0.5, 0.6) is 0 Å². The molecule has 0 aromatic heterocycles. The summed E-state index contributed by atoms with van der Waals surface area (Å²) in [6.45, 7) is 2.41. The molecule has 3 atom stereocenters. The average Bonchev–Trinajstić information content (AvgIpc) is 3.31. The molecular weight excluding hydrogens is 456 g/mol. The summed E-state index contributed by atoms with van der Waals surface area (Å²) < 4.78 is 5.19. The Kier molecular flexibility index (Phi) is 10.9. The van der Waals surface area contributed by atoms with Gasteiger partial charge in [-0.2, -0.15) is 0 Å². The van der Waals surface area contributed by atoms with Gasteiger partial charge in [0.25, 0.3) is 0 Å². The van der Waals surface area contributed by atoms with Crippen molar-refractivity contribution in [3.8, 4) is 0 Å². The number of nitrogens with two attached hydrogens (primary N) is 1. The highest BCUT2D eigenvalue weighted by Gasteiger charge is 2.31. The molecule has 1 aliphatic rings. The number of aldehydes is 1. The Morgan fingerprint density at radius 3 is 2.57 bits per heavy atom. The number of ether oxygens (including phenoxy) is 1. The van der Waals surface area contributed by atoms with Crippen LogP contribution in [0, 0.1) is 0 Å². The van der Waals surface area contributed by atoms with Crippen molar-refractivity contribution >= 4 is 35.9 Å². The predicted molar refractivity (Wildman–Crippen MR) is 128 cm³/mol. The van der Waals surface area contributed by atoms with Crippen molar-refractivity contribution in [3.05, 3.63) is 29.8 Å². The zero-order chi connectivity index (χ0) is 25.8. The molecule has 6 N–H and O–H groups in total. The van der Waals surface area contributed by atoms with Crippen LogP contribution in [0.2, 0.25) is 0 Å². The fourth-order valence-corrected chi connectivity index (χ4v) is 3.72. The number of primary amides is 1. The first-order valence-electron chi connectivity index (χ1n) is 11.5. The number of benzene rings is 1. The lowest BCUT2D eigenvalue weighted by Crippen LogP contribution is -2.49. The van der Waals surface area contributed by atoms with E-state index >= 15 is 0 Å². The summed E-state index contributed by atoms with van der Waals surface area (Å²) >= 11 is 0. The van der Waals surface area contributed by atoms with E-state index in [0.717, 1.165) is 12.7 Å². The van der Waals surface area contributed by atoms with Crippen molar-refractivity contribution in [3.63, 3.8) is 0 Å². The zero-order valence-corrected chi connectivity index (χ0v) is 20.0. The molecular formula is C23H34N6O6. The molecule has 0 radical (unpaired) electrons. The van der Waals surface area contributed by atoms with Gasteiger partial charge in [0.15, 0.2) is 0 Å². The third-order valence-electron chi connectivity index (χ3n) is 5.67. The molecule has 0 unspecified atom stereocenters. The molecule has 192 valence electrons. The highest BCUT2D eigenvalue weighted by Crippen LogP contribution is 2.16. The van der Waals surface area contributed by atoms with Crippen LogP contribution in [0.15, 0.2) is 24.3 Å². The summed E-state index contributed by atoms with van der Waals surface area (Å²) in [6, 6.07) is 4.50. The number of hydrogen-bond acceptors (Lipinski definition) is 7. The number of amides is 5. The lowest BCUT2D eigenvalue weighted by Gasteiger charge is -2.24. The van der Waals surface area contributed by atoms with E-state index in [4.69, 9.17) is 10.5 Å². The van der Waals surface area contributed by atoms with Gasteiger partial charge in [-0.15, -0.1) is 0 Å². The molecule has 0 spiro atoms. The first-order chi connectivity index (χ1) is 16.7. The Morgan fingerprint density at radius 2 is 1.94 bits per heavy atom. The van der Waals surface area contributed by atoms with Crippen LogP contribution in [-0.2, 0) is 25.7 Å². The summed E-state index contributed by atoms with van der Waals surface area (Å²) in [7, 11) is 1.68. The molecule has 12 nitrogen and oxygen atoms in total. The minimum absolute atomic E-state index is 0.0202. The molecule has 0 aliphatic carbocycles. The highest BCUT2D eigenvalue weighted by atomic mass is 16.5. The zero-order valence-electron chi connectivity index (χ0n) is 20.0. The standard InChI is InChI=1S/C23H34N6O6/c1-15(21(32)29-12-4-5-18(29)13-30)27-23(34)35-14-16-7-9-17(10-8-16)28-20(31)19(25-2)6-3-11-26-22(24)33/h7-10,13,15,18-19,25H,3-6,11-12,14H2,1-2H3,(H,27,34)(H,28,31)(H3,24,26,33)/t15-,18-,19+/m1/s1. The molecule has 1 aromatic rings. The molecule has 1 saturated heterocycles. The van der Waals surface area contributed by atoms with Crippen LogP contribution < -0.4 is 27.0 Å². The van der Waals surface area contributed by atoms with Gasteiger partial charge in [-0.05, 0) is 57.4 Å². The second-order valence-corrected chi connectivity index (χ2v) is 8.28. The Morgan fingerprint density at radius 1 is 1.23 bits per heavy atom. The van der Waals surface area contributed by atoms with Crippen molar-refractivity contribution in [1.29, 1.82) is 0 Å². The van der Waals surface area contributed by atoms with Gasteiger partial charge in [0, 0.05) is 18.8 Å². The van der Waals surface area contributed by atoms with Crippen molar-refractivity contribution in [1.82, 2.24) is 20.9 Å². The SMILES string of the molecule is CN[C@@H](CCCNC(N)=O)C(=O)Nc1ccc(COC(=O)N[C@H](C)C(=O)N2CCC[C@@H]2C=O)cc1. The number of alkyl carbamates (subject to hydrolysis) is 1. The molecule has 5 amide bonds. The van der Waals surface area contributed by atoms with Gasteiger partial charge in [0.2, 0.25) is 11.8 Å². The Bertz CT molecular complexity index is 893. The van der Waals surface area contributed by atoms with Crippen molar-refractivity contribution < 1.29 is 28.7 Å². The third kappa shape index (κ3) is 8.89. The Hall–Kier alpha value is -3.67. The number of hydrogen-bond donors (Lipinski definition) is 5. The number of rotatable bonds is 12. The monoisotopic (exact) mass is 490 g/mol. The first kappa shape index (κ1) is 27.6. The molecule has 0 bridgehead atoms. The first-order valence-corrected chi connectivity index (χ1v) is 11.5. The maximum absolute atomic E-state index is 12.5. The van der Waals surface area contributed by atoms with Gasteiger partial charge in [0.05, 0.1) is 12.1 Å². The molecule has 0 saturated carbocycles. The molecule has 2 rings (SSSR count). The summed E-state index contributed by atoms with van der Waals surface area (Å²) in [5.41, 5.74) is 6.29. The summed E-state index contributed by atoms with van der Waals surface area (Å²) in [4.78, 5) is 60.3. The quantitative estimate of drug-likeness (QED) is 0.209. The van der Waals surface area contributed by atoms with E-state index in [-0.39, 0.29) is 18.4 Å². The fraction of sp³-hybridized carbons (Fsp3) is 0.522. The normalized spacial score (nSPS) is 16.6. The van der Waals surface area contributed by atoms with Gasteiger partial charge in [-0.25, -0.2) is 9.59 Å². The molecule has 1 aliphatic heterocycles. The van der Waals surface area contributed by atoms with Gasteiger partial charge >= 0.3 is 12.1 Å². The predicted octanol–water partition coefficient (Wildman–Crippen LogP) is 0.466. The highest BCUT2D eigenvalue weighted by molar-refractivity contribution is 5.94. The van der Waals surface area contributed by atoms with Gasteiger partial charge in [-0.3, -0.25) is 9.59 Å². The van der Waals surface area contributed by atoms with E-state index < -0.39 is 30.2 Å². The van der Waals surface area contributed by atoms with E-state index in [0.29, 0.717) is 43.6 Å². The van der Waals surface area contributed by atoms with Crippen LogP contribution >= 0.6 is 0 Å². The van der Waals surface area contributed by atoms with E-state index in [1.165, 1.54) is 4.90 Å². The molecule has 1 heterocycles. The smallest absolute Gasteiger partial charge is 0.408 e. The van der Waals surface area contributed by atoms with Crippen LogP contribution in [0.4, 0.5) is 15.3 Å². The Labute approximate surface area is 204 Å². The number of likely N-dealkylation sites (N-methyl/N-ethyl adjacent to an activating group) is 1. The van der Waals surface area contributed by atoms with Crippen LogP contribution in [-0.4, -0.2) is 73.4 Å². The number of nitrogens with zero attached hydrogens (tertiary/aromatic N) is 1. The van der Waals surface area contributed by atoms with Crippen molar-refractivity contribution in [2.45, 2.75) is 57.3 Å². The minimum Gasteiger partial charge on any atom is -0.445 e. The van der Waals surface area contributed by atoms with E-state index in [1.54, 1.807) is 38.2 Å². The third-order valence-corrected chi connectivity index (χ3v) is 5.67. The lowest BCUT2D eigenvalue weighted by molar-refractivity contribution is -0.136. The second kappa shape index (κ2) is 13.9. The number of likely N-dealkylation sites (tertiary alicyclic amines) is 1.